The summed E-state index contributed by atoms with van der Waals surface area (Å²) in [6, 6.07) is 1.67. The molecule has 1 amide bonds. The van der Waals surface area contributed by atoms with Crippen molar-refractivity contribution in [3.8, 4) is 0 Å². The van der Waals surface area contributed by atoms with E-state index in [-0.39, 0.29) is 5.91 Å². The van der Waals surface area contributed by atoms with E-state index in [0.717, 1.165) is 25.9 Å². The lowest BCUT2D eigenvalue weighted by atomic mass is 10.2. The lowest BCUT2D eigenvalue weighted by Crippen LogP contribution is -2.27. The molecule has 0 radical (unpaired) electrons. The number of anilines is 1. The van der Waals surface area contributed by atoms with Gasteiger partial charge in [0.1, 0.15) is 0 Å². The van der Waals surface area contributed by atoms with Crippen LogP contribution >= 0.6 is 0 Å². The first kappa shape index (κ1) is 12.5. The second kappa shape index (κ2) is 6.10. The Morgan fingerprint density at radius 1 is 1.31 bits per heavy atom. The molecule has 0 unspecified atom stereocenters. The van der Waals surface area contributed by atoms with Crippen molar-refractivity contribution >= 4 is 11.6 Å². The first-order valence-electron chi connectivity index (χ1n) is 5.77. The van der Waals surface area contributed by atoms with E-state index in [1.807, 2.05) is 18.7 Å². The van der Waals surface area contributed by atoms with Gasteiger partial charge in [-0.2, -0.15) is 0 Å². The zero-order chi connectivity index (χ0) is 12.0. The first-order chi connectivity index (χ1) is 7.77. The van der Waals surface area contributed by atoms with Gasteiger partial charge in [0.25, 0.3) is 5.91 Å². The first-order valence-corrected chi connectivity index (χ1v) is 5.77. The molecule has 1 fully saturated rings. The van der Waals surface area contributed by atoms with Crippen LogP contribution in [0.5, 0.6) is 0 Å². The minimum Gasteiger partial charge on any atom is -0.397 e. The predicted molar refractivity (Wildman–Crippen MR) is 65.1 cm³/mol. The zero-order valence-corrected chi connectivity index (χ0v) is 9.94. The van der Waals surface area contributed by atoms with Crippen molar-refractivity contribution < 1.29 is 4.79 Å². The van der Waals surface area contributed by atoms with Crippen LogP contribution < -0.4 is 5.73 Å². The van der Waals surface area contributed by atoms with Crippen LogP contribution in [0.2, 0.25) is 0 Å². The van der Waals surface area contributed by atoms with Gasteiger partial charge in [-0.15, -0.1) is 0 Å². The van der Waals surface area contributed by atoms with Gasteiger partial charge in [0, 0.05) is 25.5 Å². The van der Waals surface area contributed by atoms with Gasteiger partial charge in [0.2, 0.25) is 0 Å². The van der Waals surface area contributed by atoms with Gasteiger partial charge in [-0.25, -0.2) is 0 Å². The van der Waals surface area contributed by atoms with E-state index in [9.17, 15) is 4.79 Å². The molecule has 0 bridgehead atoms. The molecule has 16 heavy (non-hydrogen) atoms. The second-order valence-electron chi connectivity index (χ2n) is 3.51. The molecule has 2 N–H and O–H groups in total. The Morgan fingerprint density at radius 2 is 1.94 bits per heavy atom. The van der Waals surface area contributed by atoms with Crippen molar-refractivity contribution in [3.63, 3.8) is 0 Å². The topological polar surface area (TPSA) is 59.2 Å². The van der Waals surface area contributed by atoms with Crippen LogP contribution in [0.1, 0.15) is 37.0 Å². The van der Waals surface area contributed by atoms with Crippen LogP contribution in [0.3, 0.4) is 0 Å². The summed E-state index contributed by atoms with van der Waals surface area (Å²) >= 11 is 0. The van der Waals surface area contributed by atoms with Crippen LogP contribution in [0, 0.1) is 0 Å². The molecule has 1 aromatic rings. The third-order valence-electron chi connectivity index (χ3n) is 2.40. The van der Waals surface area contributed by atoms with Gasteiger partial charge in [-0.1, -0.05) is 13.8 Å². The standard InChI is InChI=1S/C10H13N3O.C2H6/c11-9-5-8(6-12-7-9)10(14)13-3-1-2-4-13;1-2/h5-7H,1-4,11H2;1-2H3. The average molecular weight is 221 g/mol. The van der Waals surface area contributed by atoms with Crippen LogP contribution in [-0.2, 0) is 0 Å². The minimum absolute atomic E-state index is 0.0438. The fraction of sp³-hybridized carbons (Fsp3) is 0.500. The highest BCUT2D eigenvalue weighted by Crippen LogP contribution is 2.13. The van der Waals surface area contributed by atoms with Gasteiger partial charge < -0.3 is 10.6 Å². The van der Waals surface area contributed by atoms with Crippen LogP contribution in [-0.4, -0.2) is 28.9 Å². The fourth-order valence-corrected chi connectivity index (χ4v) is 1.68. The van der Waals surface area contributed by atoms with Crippen LogP contribution in [0.15, 0.2) is 18.5 Å². The number of aromatic nitrogens is 1. The fourth-order valence-electron chi connectivity index (χ4n) is 1.68. The molecular formula is C12H19N3O. The monoisotopic (exact) mass is 221 g/mol. The molecule has 4 nitrogen and oxygen atoms in total. The maximum Gasteiger partial charge on any atom is 0.255 e. The van der Waals surface area contributed by atoms with E-state index >= 15 is 0 Å². The lowest BCUT2D eigenvalue weighted by molar-refractivity contribution is 0.0792. The quantitative estimate of drug-likeness (QED) is 0.788. The number of hydrogen-bond donors (Lipinski definition) is 1. The van der Waals surface area contributed by atoms with E-state index < -0.39 is 0 Å². The number of nitrogens with zero attached hydrogens (tertiary/aromatic N) is 2. The summed E-state index contributed by atoms with van der Waals surface area (Å²) in [7, 11) is 0. The third-order valence-corrected chi connectivity index (χ3v) is 2.40. The van der Waals surface area contributed by atoms with E-state index in [2.05, 4.69) is 4.98 Å². The Kier molecular flexibility index (Phi) is 4.76. The Balaban J connectivity index is 0.000000606. The van der Waals surface area contributed by atoms with Crippen molar-refractivity contribution in [1.29, 1.82) is 0 Å². The van der Waals surface area contributed by atoms with Gasteiger partial charge in [-0.05, 0) is 18.9 Å². The van der Waals surface area contributed by atoms with Crippen molar-refractivity contribution in [2.24, 2.45) is 0 Å². The van der Waals surface area contributed by atoms with Crippen molar-refractivity contribution in [2.75, 3.05) is 18.8 Å². The van der Waals surface area contributed by atoms with E-state index in [0.29, 0.717) is 11.3 Å². The molecule has 0 atom stereocenters. The Hall–Kier alpha value is -1.58. The molecule has 2 heterocycles. The van der Waals surface area contributed by atoms with Gasteiger partial charge in [0.05, 0.1) is 11.3 Å². The number of carbonyl (C=O) groups excluding carboxylic acids is 1. The molecule has 2 rings (SSSR count). The summed E-state index contributed by atoms with van der Waals surface area (Å²) < 4.78 is 0. The third kappa shape index (κ3) is 2.95. The molecule has 1 saturated heterocycles. The van der Waals surface area contributed by atoms with Gasteiger partial charge in [-0.3, -0.25) is 9.78 Å². The Morgan fingerprint density at radius 3 is 2.50 bits per heavy atom. The van der Waals surface area contributed by atoms with E-state index in [1.165, 1.54) is 0 Å². The molecule has 4 heteroatoms. The summed E-state index contributed by atoms with van der Waals surface area (Å²) in [6.07, 6.45) is 5.31. The molecule has 0 spiro atoms. The maximum atomic E-state index is 11.8. The summed E-state index contributed by atoms with van der Waals surface area (Å²) in [4.78, 5) is 17.6. The summed E-state index contributed by atoms with van der Waals surface area (Å²) in [5, 5.41) is 0. The Bertz CT molecular complexity index is 346. The van der Waals surface area contributed by atoms with Gasteiger partial charge in [0.15, 0.2) is 0 Å². The van der Waals surface area contributed by atoms with Crippen molar-refractivity contribution in [1.82, 2.24) is 9.88 Å². The second-order valence-corrected chi connectivity index (χ2v) is 3.51. The number of likely N-dealkylation sites (tertiary alicyclic amines) is 1. The smallest absolute Gasteiger partial charge is 0.255 e. The maximum absolute atomic E-state index is 11.8. The molecular weight excluding hydrogens is 202 g/mol. The Labute approximate surface area is 96.5 Å². The van der Waals surface area contributed by atoms with Gasteiger partial charge >= 0.3 is 0 Å². The van der Waals surface area contributed by atoms with E-state index in [4.69, 9.17) is 5.73 Å². The number of rotatable bonds is 1. The normalized spacial score (nSPS) is 14.2. The predicted octanol–water partition coefficient (Wildman–Crippen LogP) is 1.93. The highest BCUT2D eigenvalue weighted by atomic mass is 16.2. The molecule has 0 aromatic carbocycles. The highest BCUT2D eigenvalue weighted by Gasteiger charge is 2.19. The summed E-state index contributed by atoms with van der Waals surface area (Å²) in [6.45, 7) is 5.71. The van der Waals surface area contributed by atoms with Crippen molar-refractivity contribution in [3.05, 3.63) is 24.0 Å². The largest absolute Gasteiger partial charge is 0.397 e. The molecule has 1 aliphatic heterocycles. The number of pyridine rings is 1. The highest BCUT2D eigenvalue weighted by molar-refractivity contribution is 5.94. The number of amides is 1. The van der Waals surface area contributed by atoms with Crippen molar-refractivity contribution in [2.45, 2.75) is 26.7 Å². The number of hydrogen-bond acceptors (Lipinski definition) is 3. The summed E-state index contributed by atoms with van der Waals surface area (Å²) in [5.74, 6) is 0.0438. The molecule has 0 saturated carbocycles. The SMILES string of the molecule is CC.Nc1cncc(C(=O)N2CCCC2)c1. The lowest BCUT2D eigenvalue weighted by Gasteiger charge is -2.14. The summed E-state index contributed by atoms with van der Waals surface area (Å²) in [5.41, 5.74) is 6.69. The minimum atomic E-state index is 0.0438. The van der Waals surface area contributed by atoms with Crippen LogP contribution in [0.25, 0.3) is 0 Å². The average Bonchev–Trinajstić information content (AvgIpc) is 2.84. The molecule has 88 valence electrons. The molecule has 1 aliphatic rings. The number of nitrogen functional groups attached to an aromatic ring is 1. The number of nitrogens with two attached hydrogens (primary N) is 1. The zero-order valence-electron chi connectivity index (χ0n) is 9.94. The molecule has 1 aromatic heterocycles. The van der Waals surface area contributed by atoms with Crippen LogP contribution in [0.4, 0.5) is 5.69 Å². The van der Waals surface area contributed by atoms with E-state index in [1.54, 1.807) is 18.5 Å². The molecule has 0 aliphatic carbocycles. The number of carbonyl (C=O) groups is 1.